The van der Waals surface area contributed by atoms with Crippen molar-refractivity contribution in [1.82, 2.24) is 10.6 Å². The topological polar surface area (TPSA) is 50.4 Å². The molecule has 2 aliphatic rings. The highest BCUT2D eigenvalue weighted by atomic mass is 16.5. The monoisotopic (exact) mass is 260 g/mol. The van der Waals surface area contributed by atoms with Crippen molar-refractivity contribution in [3.8, 4) is 5.75 Å². The maximum atomic E-state index is 12.2. The molecule has 2 unspecified atom stereocenters. The number of amides is 1. The fraction of sp³-hybridized carbons (Fsp3) is 0.533. The fourth-order valence-electron chi connectivity index (χ4n) is 2.86. The lowest BCUT2D eigenvalue weighted by atomic mass is 9.97. The molecular formula is C15H20N2O2. The molecule has 0 aliphatic carbocycles. The van der Waals surface area contributed by atoms with Crippen LogP contribution in [0.3, 0.4) is 0 Å². The highest BCUT2D eigenvalue weighted by Crippen LogP contribution is 2.25. The Morgan fingerprint density at radius 2 is 2.32 bits per heavy atom. The third kappa shape index (κ3) is 2.73. The van der Waals surface area contributed by atoms with Gasteiger partial charge in [0.1, 0.15) is 5.75 Å². The second kappa shape index (κ2) is 5.21. The first-order valence-corrected chi connectivity index (χ1v) is 6.99. The largest absolute Gasteiger partial charge is 0.493 e. The van der Waals surface area contributed by atoms with Crippen LogP contribution < -0.4 is 15.4 Å². The van der Waals surface area contributed by atoms with E-state index in [1.807, 2.05) is 18.2 Å². The summed E-state index contributed by atoms with van der Waals surface area (Å²) in [5, 5.41) is 6.46. The highest BCUT2D eigenvalue weighted by molar-refractivity contribution is 5.94. The molecule has 0 bridgehead atoms. The van der Waals surface area contributed by atoms with Crippen molar-refractivity contribution in [3.05, 3.63) is 29.3 Å². The Morgan fingerprint density at radius 3 is 3.16 bits per heavy atom. The number of nitrogens with one attached hydrogen (secondary N) is 2. The standard InChI is InChI=1S/C15H20N2O2/c1-10-6-13(9-16-8-10)17-15(18)12-2-3-14-11(7-12)4-5-19-14/h2-3,7,10,13,16H,4-6,8-9H2,1H3,(H,17,18). The zero-order chi connectivity index (χ0) is 13.2. The Bertz CT molecular complexity index is 487. The molecule has 19 heavy (non-hydrogen) atoms. The normalized spacial score (nSPS) is 25.5. The minimum absolute atomic E-state index is 0.0237. The summed E-state index contributed by atoms with van der Waals surface area (Å²) >= 11 is 0. The average molecular weight is 260 g/mol. The van der Waals surface area contributed by atoms with Crippen LogP contribution >= 0.6 is 0 Å². The first-order chi connectivity index (χ1) is 9.22. The second-order valence-corrected chi connectivity index (χ2v) is 5.59. The Morgan fingerprint density at radius 1 is 1.42 bits per heavy atom. The maximum Gasteiger partial charge on any atom is 0.251 e. The molecule has 1 aromatic carbocycles. The van der Waals surface area contributed by atoms with Crippen molar-refractivity contribution in [3.63, 3.8) is 0 Å². The summed E-state index contributed by atoms with van der Waals surface area (Å²) in [5.74, 6) is 1.56. The lowest BCUT2D eigenvalue weighted by molar-refractivity contribution is 0.0925. The Kier molecular flexibility index (Phi) is 3.42. The molecule has 1 fully saturated rings. The molecule has 2 atom stereocenters. The number of hydrogen-bond acceptors (Lipinski definition) is 3. The van der Waals surface area contributed by atoms with Crippen molar-refractivity contribution < 1.29 is 9.53 Å². The second-order valence-electron chi connectivity index (χ2n) is 5.59. The van der Waals surface area contributed by atoms with Crippen LogP contribution in [-0.2, 0) is 6.42 Å². The molecule has 3 rings (SSSR count). The molecule has 4 heteroatoms. The first kappa shape index (κ1) is 12.5. The highest BCUT2D eigenvalue weighted by Gasteiger charge is 2.21. The van der Waals surface area contributed by atoms with E-state index in [9.17, 15) is 4.79 Å². The molecule has 2 N–H and O–H groups in total. The molecule has 4 nitrogen and oxygen atoms in total. The van der Waals surface area contributed by atoms with Gasteiger partial charge in [-0.25, -0.2) is 0 Å². The van der Waals surface area contributed by atoms with Crippen LogP contribution in [0, 0.1) is 5.92 Å². The molecule has 1 aromatic rings. The van der Waals surface area contributed by atoms with E-state index in [-0.39, 0.29) is 11.9 Å². The zero-order valence-electron chi connectivity index (χ0n) is 11.2. The van der Waals surface area contributed by atoms with Gasteiger partial charge in [-0.15, -0.1) is 0 Å². The van der Waals surface area contributed by atoms with Crippen molar-refractivity contribution in [2.24, 2.45) is 5.92 Å². The lowest BCUT2D eigenvalue weighted by Crippen LogP contribution is -2.48. The summed E-state index contributed by atoms with van der Waals surface area (Å²) in [4.78, 5) is 12.2. The average Bonchev–Trinajstić information content (AvgIpc) is 2.85. The van der Waals surface area contributed by atoms with Gasteiger partial charge in [0.05, 0.1) is 6.61 Å². The summed E-state index contributed by atoms with van der Waals surface area (Å²) < 4.78 is 5.46. The summed E-state index contributed by atoms with van der Waals surface area (Å²) in [5.41, 5.74) is 1.88. The smallest absolute Gasteiger partial charge is 0.251 e. The predicted octanol–water partition coefficient (Wildman–Crippen LogP) is 1.35. The Balaban J connectivity index is 1.67. The Hall–Kier alpha value is -1.55. The maximum absolute atomic E-state index is 12.2. The number of carbonyl (C=O) groups excluding carboxylic acids is 1. The van der Waals surface area contributed by atoms with Gasteiger partial charge in [0, 0.05) is 24.6 Å². The van der Waals surface area contributed by atoms with Crippen molar-refractivity contribution in [2.45, 2.75) is 25.8 Å². The van der Waals surface area contributed by atoms with Gasteiger partial charge in [-0.05, 0) is 42.6 Å². The zero-order valence-corrected chi connectivity index (χ0v) is 11.2. The first-order valence-electron chi connectivity index (χ1n) is 6.99. The predicted molar refractivity (Wildman–Crippen MR) is 73.5 cm³/mol. The minimum atomic E-state index is 0.0237. The van der Waals surface area contributed by atoms with Crippen molar-refractivity contribution >= 4 is 5.91 Å². The number of ether oxygens (including phenoxy) is 1. The third-order valence-electron chi connectivity index (χ3n) is 3.86. The van der Waals surface area contributed by atoms with Gasteiger partial charge in [0.25, 0.3) is 5.91 Å². The van der Waals surface area contributed by atoms with Crippen molar-refractivity contribution in [2.75, 3.05) is 19.7 Å². The SMILES string of the molecule is CC1CNCC(NC(=O)c2ccc3c(c2)CCO3)C1. The molecule has 102 valence electrons. The van der Waals surface area contributed by atoms with E-state index < -0.39 is 0 Å². The van der Waals surface area contributed by atoms with E-state index in [4.69, 9.17) is 4.74 Å². The van der Waals surface area contributed by atoms with Gasteiger partial charge in [-0.3, -0.25) is 4.79 Å². The van der Waals surface area contributed by atoms with Gasteiger partial charge in [0.15, 0.2) is 0 Å². The number of piperidine rings is 1. The molecule has 0 radical (unpaired) electrons. The van der Waals surface area contributed by atoms with Gasteiger partial charge in [0.2, 0.25) is 0 Å². The quantitative estimate of drug-likeness (QED) is 0.844. The van der Waals surface area contributed by atoms with Crippen molar-refractivity contribution in [1.29, 1.82) is 0 Å². The van der Waals surface area contributed by atoms with Gasteiger partial charge in [-0.1, -0.05) is 6.92 Å². The summed E-state index contributed by atoms with van der Waals surface area (Å²) in [6, 6.07) is 5.94. The Labute approximate surface area is 113 Å². The van der Waals surface area contributed by atoms with Crippen LogP contribution in [0.2, 0.25) is 0 Å². The summed E-state index contributed by atoms with van der Waals surface area (Å²) in [6.07, 6.45) is 1.95. The molecule has 0 spiro atoms. The number of hydrogen-bond donors (Lipinski definition) is 2. The molecular weight excluding hydrogens is 240 g/mol. The van der Waals surface area contributed by atoms with Gasteiger partial charge >= 0.3 is 0 Å². The number of carbonyl (C=O) groups is 1. The van der Waals surface area contributed by atoms with E-state index in [0.29, 0.717) is 5.92 Å². The van der Waals surface area contributed by atoms with Crippen LogP contribution in [0.25, 0.3) is 0 Å². The summed E-state index contributed by atoms with van der Waals surface area (Å²) in [6.45, 7) is 4.84. The fourth-order valence-corrected chi connectivity index (χ4v) is 2.86. The van der Waals surface area contributed by atoms with E-state index in [1.54, 1.807) is 0 Å². The lowest BCUT2D eigenvalue weighted by Gasteiger charge is -2.28. The molecule has 2 heterocycles. The van der Waals surface area contributed by atoms with E-state index in [2.05, 4.69) is 17.6 Å². The van der Waals surface area contributed by atoms with Crippen LogP contribution in [0.4, 0.5) is 0 Å². The minimum Gasteiger partial charge on any atom is -0.493 e. The van der Waals surface area contributed by atoms with Crippen LogP contribution in [-0.4, -0.2) is 31.6 Å². The van der Waals surface area contributed by atoms with Crippen LogP contribution in [0.1, 0.15) is 29.3 Å². The summed E-state index contributed by atoms with van der Waals surface area (Å²) in [7, 11) is 0. The van der Waals surface area contributed by atoms with E-state index >= 15 is 0 Å². The van der Waals surface area contributed by atoms with E-state index in [0.717, 1.165) is 49.4 Å². The third-order valence-corrected chi connectivity index (χ3v) is 3.86. The van der Waals surface area contributed by atoms with E-state index in [1.165, 1.54) is 0 Å². The number of rotatable bonds is 2. The number of benzene rings is 1. The van der Waals surface area contributed by atoms with Crippen LogP contribution in [0.15, 0.2) is 18.2 Å². The molecule has 0 aromatic heterocycles. The van der Waals surface area contributed by atoms with Crippen LogP contribution in [0.5, 0.6) is 5.75 Å². The molecule has 1 saturated heterocycles. The molecule has 1 amide bonds. The van der Waals surface area contributed by atoms with Gasteiger partial charge < -0.3 is 15.4 Å². The molecule has 2 aliphatic heterocycles. The molecule has 0 saturated carbocycles. The number of fused-ring (bicyclic) bond motifs is 1. The van der Waals surface area contributed by atoms with Gasteiger partial charge in [-0.2, -0.15) is 0 Å².